The molecule has 0 saturated heterocycles. The zero-order valence-corrected chi connectivity index (χ0v) is 18.5. The fraction of sp³-hybridized carbons (Fsp3) is 0.292. The molecule has 32 heavy (non-hydrogen) atoms. The summed E-state index contributed by atoms with van der Waals surface area (Å²) in [7, 11) is 0. The summed E-state index contributed by atoms with van der Waals surface area (Å²) in [6, 6.07) is 11.3. The minimum atomic E-state index is -0.335. The Bertz CT molecular complexity index is 1190. The van der Waals surface area contributed by atoms with Crippen LogP contribution >= 0.6 is 0 Å². The summed E-state index contributed by atoms with van der Waals surface area (Å²) in [5, 5.41) is 11.5. The molecule has 0 atom stereocenters. The quantitative estimate of drug-likeness (QED) is 0.422. The van der Waals surface area contributed by atoms with Crippen molar-refractivity contribution in [1.29, 1.82) is 0 Å². The lowest BCUT2D eigenvalue weighted by molar-refractivity contribution is 0.0992. The molecule has 4 aromatic rings. The molecule has 0 saturated carbocycles. The predicted molar refractivity (Wildman–Crippen MR) is 121 cm³/mol. The Labute approximate surface area is 186 Å². The lowest BCUT2D eigenvalue weighted by Gasteiger charge is -2.05. The second-order valence-electron chi connectivity index (χ2n) is 7.50. The molecule has 0 spiro atoms. The standard InChI is InChI=1S/C24H27N5O3/c1-4-18-6-8-21(9-7-18)31-16-22-10-11-23(32-22)24(30)27-20-13-25-28(15-20)14-19-12-26-29(5-2)17(19)3/h6-13,15H,4-5,14,16H2,1-3H3,(H,27,30). The number of hydrogen-bond acceptors (Lipinski definition) is 5. The highest BCUT2D eigenvalue weighted by Gasteiger charge is 2.14. The number of aryl methyl sites for hydroxylation is 2. The van der Waals surface area contributed by atoms with Crippen molar-refractivity contribution in [2.45, 2.75) is 46.9 Å². The van der Waals surface area contributed by atoms with Gasteiger partial charge in [0.2, 0.25) is 0 Å². The van der Waals surface area contributed by atoms with Crippen LogP contribution in [0.1, 0.15) is 47.0 Å². The second-order valence-corrected chi connectivity index (χ2v) is 7.50. The Kier molecular flexibility index (Phi) is 6.39. The number of anilines is 1. The summed E-state index contributed by atoms with van der Waals surface area (Å²) in [4.78, 5) is 12.5. The number of carbonyl (C=O) groups excluding carboxylic acids is 1. The van der Waals surface area contributed by atoms with Crippen molar-refractivity contribution in [2.24, 2.45) is 0 Å². The van der Waals surface area contributed by atoms with Gasteiger partial charge in [0.15, 0.2) is 5.76 Å². The van der Waals surface area contributed by atoms with E-state index < -0.39 is 0 Å². The van der Waals surface area contributed by atoms with Gasteiger partial charge in [0.1, 0.15) is 18.1 Å². The molecule has 1 N–H and O–H groups in total. The summed E-state index contributed by atoms with van der Waals surface area (Å²) >= 11 is 0. The van der Waals surface area contributed by atoms with Crippen LogP contribution in [0.25, 0.3) is 0 Å². The van der Waals surface area contributed by atoms with Gasteiger partial charge in [-0.3, -0.25) is 14.2 Å². The SMILES string of the molecule is CCc1ccc(OCc2ccc(C(=O)Nc3cnn(Cc4cnn(CC)c4C)c3)o2)cc1. The van der Waals surface area contributed by atoms with Crippen molar-refractivity contribution in [1.82, 2.24) is 19.6 Å². The molecule has 1 amide bonds. The zero-order chi connectivity index (χ0) is 22.5. The highest BCUT2D eigenvalue weighted by atomic mass is 16.5. The molecule has 0 radical (unpaired) electrons. The lowest BCUT2D eigenvalue weighted by Crippen LogP contribution is -2.10. The molecule has 4 rings (SSSR count). The highest BCUT2D eigenvalue weighted by molar-refractivity contribution is 6.02. The van der Waals surface area contributed by atoms with Crippen LogP contribution in [0.3, 0.4) is 0 Å². The van der Waals surface area contributed by atoms with Crippen molar-refractivity contribution in [3.05, 3.63) is 83.3 Å². The first kappa shape index (κ1) is 21.4. The van der Waals surface area contributed by atoms with Crippen LogP contribution < -0.4 is 10.1 Å². The first-order valence-electron chi connectivity index (χ1n) is 10.7. The molecule has 0 unspecified atom stereocenters. The highest BCUT2D eigenvalue weighted by Crippen LogP contribution is 2.17. The Morgan fingerprint density at radius 2 is 1.91 bits per heavy atom. The average Bonchev–Trinajstić information content (AvgIpc) is 3.54. The number of furan rings is 1. The first-order chi connectivity index (χ1) is 15.6. The van der Waals surface area contributed by atoms with E-state index in [9.17, 15) is 4.79 Å². The van der Waals surface area contributed by atoms with E-state index in [0.717, 1.165) is 30.0 Å². The average molecular weight is 434 g/mol. The minimum Gasteiger partial charge on any atom is -0.486 e. The number of ether oxygens (including phenoxy) is 1. The number of nitrogens with one attached hydrogen (secondary N) is 1. The molecular weight excluding hydrogens is 406 g/mol. The number of aromatic nitrogens is 4. The van der Waals surface area contributed by atoms with E-state index >= 15 is 0 Å². The normalized spacial score (nSPS) is 11.0. The monoisotopic (exact) mass is 433 g/mol. The third-order valence-corrected chi connectivity index (χ3v) is 5.33. The summed E-state index contributed by atoms with van der Waals surface area (Å²) in [6.07, 6.45) is 6.24. The van der Waals surface area contributed by atoms with Gasteiger partial charge < -0.3 is 14.5 Å². The van der Waals surface area contributed by atoms with Gasteiger partial charge in [-0.05, 0) is 50.1 Å². The van der Waals surface area contributed by atoms with E-state index in [1.807, 2.05) is 42.1 Å². The van der Waals surface area contributed by atoms with E-state index in [0.29, 0.717) is 18.0 Å². The first-order valence-corrected chi connectivity index (χ1v) is 10.7. The Morgan fingerprint density at radius 3 is 2.62 bits per heavy atom. The van der Waals surface area contributed by atoms with Crippen LogP contribution in [-0.2, 0) is 26.1 Å². The fourth-order valence-electron chi connectivity index (χ4n) is 3.39. The van der Waals surface area contributed by atoms with Gasteiger partial charge in [-0.15, -0.1) is 0 Å². The predicted octanol–water partition coefficient (Wildman–Crippen LogP) is 4.44. The van der Waals surface area contributed by atoms with Crippen molar-refractivity contribution in [2.75, 3.05) is 5.32 Å². The molecule has 0 aliphatic carbocycles. The third kappa shape index (κ3) is 4.91. The van der Waals surface area contributed by atoms with Gasteiger partial charge in [0.05, 0.1) is 24.6 Å². The number of hydrogen-bond donors (Lipinski definition) is 1. The van der Waals surface area contributed by atoms with Gasteiger partial charge in [-0.25, -0.2) is 0 Å². The van der Waals surface area contributed by atoms with Crippen molar-refractivity contribution < 1.29 is 13.9 Å². The van der Waals surface area contributed by atoms with Gasteiger partial charge in [0.25, 0.3) is 5.91 Å². The molecule has 3 aromatic heterocycles. The maximum Gasteiger partial charge on any atom is 0.291 e. The topological polar surface area (TPSA) is 87.1 Å². The van der Waals surface area contributed by atoms with Crippen molar-refractivity contribution >= 4 is 11.6 Å². The fourth-order valence-corrected chi connectivity index (χ4v) is 3.39. The van der Waals surface area contributed by atoms with Gasteiger partial charge in [-0.1, -0.05) is 19.1 Å². The Morgan fingerprint density at radius 1 is 1.09 bits per heavy atom. The Balaban J connectivity index is 1.32. The molecule has 0 aliphatic rings. The number of rotatable bonds is 9. The maximum atomic E-state index is 12.5. The molecule has 8 heteroatoms. The van der Waals surface area contributed by atoms with Crippen LogP contribution in [0, 0.1) is 6.92 Å². The maximum absolute atomic E-state index is 12.5. The number of amides is 1. The second kappa shape index (κ2) is 9.55. The van der Waals surface area contributed by atoms with Crippen molar-refractivity contribution in [3.8, 4) is 5.75 Å². The lowest BCUT2D eigenvalue weighted by atomic mass is 10.2. The van der Waals surface area contributed by atoms with Crippen LogP contribution in [0.2, 0.25) is 0 Å². The van der Waals surface area contributed by atoms with E-state index in [2.05, 4.69) is 29.4 Å². The van der Waals surface area contributed by atoms with Gasteiger partial charge >= 0.3 is 0 Å². The summed E-state index contributed by atoms with van der Waals surface area (Å²) < 4.78 is 15.1. The van der Waals surface area contributed by atoms with Crippen molar-refractivity contribution in [3.63, 3.8) is 0 Å². The van der Waals surface area contributed by atoms with E-state index in [1.165, 1.54) is 5.56 Å². The van der Waals surface area contributed by atoms with Gasteiger partial charge in [-0.2, -0.15) is 10.2 Å². The largest absolute Gasteiger partial charge is 0.486 e. The van der Waals surface area contributed by atoms with Crippen LogP contribution in [0.5, 0.6) is 5.75 Å². The summed E-state index contributed by atoms with van der Waals surface area (Å²) in [5.41, 5.74) is 4.05. The molecule has 3 heterocycles. The number of nitrogens with zero attached hydrogens (tertiary/aromatic N) is 4. The molecule has 8 nitrogen and oxygen atoms in total. The van der Waals surface area contributed by atoms with E-state index in [4.69, 9.17) is 9.15 Å². The van der Waals surface area contributed by atoms with E-state index in [-0.39, 0.29) is 18.3 Å². The molecule has 0 bridgehead atoms. The molecule has 0 aliphatic heterocycles. The van der Waals surface area contributed by atoms with Crippen LogP contribution in [0.15, 0.2) is 59.4 Å². The summed E-state index contributed by atoms with van der Waals surface area (Å²) in [6.45, 7) is 7.87. The smallest absolute Gasteiger partial charge is 0.291 e. The molecule has 166 valence electrons. The molecule has 1 aromatic carbocycles. The van der Waals surface area contributed by atoms with Gasteiger partial charge in [0, 0.05) is 24.0 Å². The zero-order valence-electron chi connectivity index (χ0n) is 18.5. The van der Waals surface area contributed by atoms with Crippen LogP contribution in [0.4, 0.5) is 5.69 Å². The minimum absolute atomic E-state index is 0.220. The third-order valence-electron chi connectivity index (χ3n) is 5.33. The number of carbonyl (C=O) groups is 1. The van der Waals surface area contributed by atoms with Crippen LogP contribution in [-0.4, -0.2) is 25.5 Å². The summed E-state index contributed by atoms with van der Waals surface area (Å²) in [5.74, 6) is 1.22. The number of benzene rings is 1. The molecular formula is C24H27N5O3. The Hall–Kier alpha value is -3.81. The van der Waals surface area contributed by atoms with E-state index in [1.54, 1.807) is 29.2 Å². The molecule has 0 fully saturated rings.